The molecule has 36 heavy (non-hydrogen) atoms. The molecular formula is C25H26BrF5N2O3. The van der Waals surface area contributed by atoms with Gasteiger partial charge in [-0.3, -0.25) is 9.59 Å². The van der Waals surface area contributed by atoms with E-state index in [1.807, 2.05) is 12.1 Å². The average Bonchev–Trinajstić information content (AvgIpc) is 2.82. The molecule has 2 unspecified atom stereocenters. The Morgan fingerprint density at radius 2 is 1.72 bits per heavy atom. The lowest BCUT2D eigenvalue weighted by molar-refractivity contribution is -0.259. The SMILES string of the molecule is CC(O)(c1cc(Br)ccc1F)C(F)(F)F.O=CN1CCC2(CC1)CC(=O)NCC2c1ccc(F)cc1. The van der Waals surface area contributed by atoms with Gasteiger partial charge in [0.25, 0.3) is 0 Å². The van der Waals surface area contributed by atoms with E-state index in [1.54, 1.807) is 4.90 Å². The van der Waals surface area contributed by atoms with Crippen molar-refractivity contribution in [1.82, 2.24) is 10.2 Å². The molecule has 2 atom stereocenters. The van der Waals surface area contributed by atoms with Crippen LogP contribution in [-0.2, 0) is 15.2 Å². The minimum atomic E-state index is -4.92. The van der Waals surface area contributed by atoms with Crippen LogP contribution in [0.3, 0.4) is 0 Å². The third-order valence-corrected chi connectivity index (χ3v) is 7.47. The molecule has 1 spiro atoms. The van der Waals surface area contributed by atoms with Gasteiger partial charge in [-0.1, -0.05) is 28.1 Å². The lowest BCUT2D eigenvalue weighted by Gasteiger charge is -2.48. The van der Waals surface area contributed by atoms with Crippen LogP contribution < -0.4 is 5.32 Å². The lowest BCUT2D eigenvalue weighted by Crippen LogP contribution is -2.51. The molecule has 5 nitrogen and oxygen atoms in total. The largest absolute Gasteiger partial charge is 0.421 e. The van der Waals surface area contributed by atoms with Crippen LogP contribution in [-0.4, -0.2) is 48.1 Å². The first-order valence-corrected chi connectivity index (χ1v) is 12.0. The summed E-state index contributed by atoms with van der Waals surface area (Å²) in [6, 6.07) is 9.59. The number of alkyl halides is 3. The topological polar surface area (TPSA) is 69.6 Å². The summed E-state index contributed by atoms with van der Waals surface area (Å²) in [6.07, 6.45) is -1.92. The van der Waals surface area contributed by atoms with Gasteiger partial charge in [0.05, 0.1) is 0 Å². The highest BCUT2D eigenvalue weighted by Crippen LogP contribution is 2.48. The van der Waals surface area contributed by atoms with E-state index in [2.05, 4.69) is 21.2 Å². The van der Waals surface area contributed by atoms with Gasteiger partial charge >= 0.3 is 6.18 Å². The van der Waals surface area contributed by atoms with Crippen molar-refractivity contribution in [2.75, 3.05) is 19.6 Å². The standard InChI is InChI=1S/C16H19FN2O2.C9H7BrF4O/c17-13-3-1-12(2-4-13)14-10-18-15(21)9-16(14)5-7-19(11-20)8-6-16;1-8(15,9(12,13)14)6-4-5(10)2-3-7(6)11/h1-4,11,14H,5-10H2,(H,18,21);2-4,15H,1H3. The van der Waals surface area contributed by atoms with E-state index >= 15 is 0 Å². The first kappa shape index (κ1) is 28.0. The third kappa shape index (κ3) is 6.05. The predicted molar refractivity (Wildman–Crippen MR) is 126 cm³/mol. The number of nitrogens with one attached hydrogen (secondary N) is 1. The summed E-state index contributed by atoms with van der Waals surface area (Å²) < 4.78 is 63.7. The number of halogens is 6. The summed E-state index contributed by atoms with van der Waals surface area (Å²) in [5.74, 6) is -1.08. The first-order chi connectivity index (χ1) is 16.8. The summed E-state index contributed by atoms with van der Waals surface area (Å²) in [5.41, 5.74) is -3.04. The number of rotatable bonds is 3. The molecule has 196 valence electrons. The molecule has 2 aliphatic heterocycles. The summed E-state index contributed by atoms with van der Waals surface area (Å²) in [7, 11) is 0. The van der Waals surface area contributed by atoms with Crippen molar-refractivity contribution in [2.24, 2.45) is 5.41 Å². The van der Waals surface area contributed by atoms with E-state index in [0.29, 0.717) is 33.0 Å². The van der Waals surface area contributed by atoms with Crippen LogP contribution in [0.2, 0.25) is 0 Å². The molecule has 4 rings (SSSR count). The van der Waals surface area contributed by atoms with Crippen molar-refractivity contribution in [3.63, 3.8) is 0 Å². The number of nitrogens with zero attached hydrogens (tertiary/aromatic N) is 1. The molecule has 2 aromatic carbocycles. The molecule has 2 fully saturated rings. The maximum absolute atomic E-state index is 13.1. The summed E-state index contributed by atoms with van der Waals surface area (Å²) in [6.45, 7) is 2.48. The second kappa shape index (κ2) is 10.8. The highest BCUT2D eigenvalue weighted by Gasteiger charge is 2.52. The zero-order valence-electron chi connectivity index (χ0n) is 19.4. The zero-order valence-corrected chi connectivity index (χ0v) is 21.0. The van der Waals surface area contributed by atoms with Gasteiger partial charge in [0.15, 0.2) is 5.60 Å². The Morgan fingerprint density at radius 1 is 1.11 bits per heavy atom. The summed E-state index contributed by atoms with van der Waals surface area (Å²) in [5, 5.41) is 12.2. The number of amides is 2. The second-order valence-electron chi connectivity index (χ2n) is 9.28. The number of hydrogen-bond acceptors (Lipinski definition) is 3. The van der Waals surface area contributed by atoms with E-state index in [4.69, 9.17) is 0 Å². The van der Waals surface area contributed by atoms with Gasteiger partial charge in [0.1, 0.15) is 11.6 Å². The maximum atomic E-state index is 13.1. The quantitative estimate of drug-likeness (QED) is 0.398. The highest BCUT2D eigenvalue weighted by atomic mass is 79.9. The molecular weight excluding hydrogens is 551 g/mol. The fraction of sp³-hybridized carbons (Fsp3) is 0.440. The van der Waals surface area contributed by atoms with Gasteiger partial charge in [0, 0.05) is 42.0 Å². The molecule has 2 heterocycles. The average molecular weight is 577 g/mol. The maximum Gasteiger partial charge on any atom is 0.421 e. The van der Waals surface area contributed by atoms with Crippen LogP contribution in [0.4, 0.5) is 22.0 Å². The van der Waals surface area contributed by atoms with Gasteiger partial charge < -0.3 is 15.3 Å². The monoisotopic (exact) mass is 576 g/mol. The molecule has 0 aliphatic carbocycles. The number of aliphatic hydroxyl groups is 1. The Labute approximate surface area is 213 Å². The minimum Gasteiger partial charge on any atom is -0.376 e. The van der Waals surface area contributed by atoms with E-state index < -0.39 is 23.2 Å². The fourth-order valence-corrected chi connectivity index (χ4v) is 5.09. The van der Waals surface area contributed by atoms with Crippen LogP contribution >= 0.6 is 15.9 Å². The van der Waals surface area contributed by atoms with Gasteiger partial charge in [-0.05, 0) is 61.1 Å². The predicted octanol–water partition coefficient (Wildman–Crippen LogP) is 5.03. The van der Waals surface area contributed by atoms with Crippen LogP contribution in [0.15, 0.2) is 46.9 Å². The van der Waals surface area contributed by atoms with Crippen molar-refractivity contribution < 1.29 is 36.6 Å². The van der Waals surface area contributed by atoms with Gasteiger partial charge in [0.2, 0.25) is 12.3 Å². The van der Waals surface area contributed by atoms with Gasteiger partial charge in [-0.15, -0.1) is 0 Å². The number of likely N-dealkylation sites (tertiary alicyclic amines) is 1. The Kier molecular flexibility index (Phi) is 8.44. The van der Waals surface area contributed by atoms with Crippen molar-refractivity contribution in [3.05, 3.63) is 69.7 Å². The fourth-order valence-electron chi connectivity index (χ4n) is 4.73. The molecule has 2 saturated heterocycles. The molecule has 0 radical (unpaired) electrons. The minimum absolute atomic E-state index is 0.0768. The van der Waals surface area contributed by atoms with Gasteiger partial charge in [-0.25, -0.2) is 8.78 Å². The number of piperidine rings is 2. The molecule has 0 aromatic heterocycles. The molecule has 2 aliphatic rings. The first-order valence-electron chi connectivity index (χ1n) is 11.3. The van der Waals surface area contributed by atoms with Crippen molar-refractivity contribution in [3.8, 4) is 0 Å². The zero-order chi connectivity index (χ0) is 26.7. The molecule has 0 bridgehead atoms. The molecule has 2 amide bonds. The Hall–Kier alpha value is -2.53. The number of carbonyl (C=O) groups is 2. The van der Waals surface area contributed by atoms with Gasteiger partial charge in [-0.2, -0.15) is 13.2 Å². The lowest BCUT2D eigenvalue weighted by atomic mass is 9.62. The van der Waals surface area contributed by atoms with E-state index in [9.17, 15) is 36.6 Å². The number of carbonyl (C=O) groups excluding carboxylic acids is 2. The highest BCUT2D eigenvalue weighted by molar-refractivity contribution is 9.10. The van der Waals surface area contributed by atoms with Crippen LogP contribution in [0.25, 0.3) is 0 Å². The Morgan fingerprint density at radius 3 is 2.28 bits per heavy atom. The van der Waals surface area contributed by atoms with Crippen molar-refractivity contribution in [1.29, 1.82) is 0 Å². The van der Waals surface area contributed by atoms with E-state index in [1.165, 1.54) is 18.2 Å². The van der Waals surface area contributed by atoms with Crippen LogP contribution in [0.1, 0.15) is 43.2 Å². The Balaban J connectivity index is 0.000000214. The van der Waals surface area contributed by atoms with Crippen LogP contribution in [0, 0.1) is 17.0 Å². The normalized spacial score (nSPS) is 21.2. The molecule has 11 heteroatoms. The number of hydrogen-bond donors (Lipinski definition) is 2. The smallest absolute Gasteiger partial charge is 0.376 e. The molecule has 2 aromatic rings. The molecule has 2 N–H and O–H groups in total. The summed E-state index contributed by atoms with van der Waals surface area (Å²) >= 11 is 2.91. The van der Waals surface area contributed by atoms with Crippen molar-refractivity contribution in [2.45, 2.75) is 43.9 Å². The molecule has 0 saturated carbocycles. The van der Waals surface area contributed by atoms with Crippen molar-refractivity contribution >= 4 is 28.2 Å². The second-order valence-corrected chi connectivity index (χ2v) is 10.2. The van der Waals surface area contributed by atoms with E-state index in [-0.39, 0.29) is 27.5 Å². The third-order valence-electron chi connectivity index (χ3n) is 6.98. The Bertz CT molecular complexity index is 1080. The van der Waals surface area contributed by atoms with Crippen LogP contribution in [0.5, 0.6) is 0 Å². The number of benzene rings is 2. The summed E-state index contributed by atoms with van der Waals surface area (Å²) in [4.78, 5) is 24.5. The van der Waals surface area contributed by atoms with E-state index in [0.717, 1.165) is 36.9 Å².